The van der Waals surface area contributed by atoms with Gasteiger partial charge in [0, 0.05) is 18.9 Å². The van der Waals surface area contributed by atoms with Gasteiger partial charge in [-0.1, -0.05) is 40.0 Å². The lowest BCUT2D eigenvalue weighted by Gasteiger charge is -2.41. The fraction of sp³-hybridized carbons (Fsp3) is 0.933. The zero-order valence-electron chi connectivity index (χ0n) is 14.2. The maximum absolute atomic E-state index is 12.1. The maximum Gasteiger partial charge on any atom is 0.482 e. The number of hydrogen-bond acceptors (Lipinski definition) is 6. The summed E-state index contributed by atoms with van der Waals surface area (Å²) in [6, 6.07) is -0.124. The second-order valence-corrected chi connectivity index (χ2v) is 6.89. The third-order valence-electron chi connectivity index (χ3n) is 4.35. The van der Waals surface area contributed by atoms with E-state index in [2.05, 4.69) is 6.92 Å². The van der Waals surface area contributed by atoms with E-state index < -0.39 is 15.5 Å². The minimum absolute atomic E-state index is 0.124. The molecule has 1 rings (SSSR count). The molecule has 1 aliphatic rings. The first-order valence-corrected chi connectivity index (χ1v) is 8.27. The predicted molar refractivity (Wildman–Crippen MR) is 85.3 cm³/mol. The molecular formula is C15H27N3O5. The molecule has 1 saturated heterocycles. The summed E-state index contributed by atoms with van der Waals surface area (Å²) in [5, 5.41) is 22.0. The Bertz CT molecular complexity index is 430. The second kappa shape index (κ2) is 8.33. The molecule has 1 fully saturated rings. The van der Waals surface area contributed by atoms with Gasteiger partial charge < -0.3 is 0 Å². The highest BCUT2D eigenvalue weighted by atomic mass is 16.7. The van der Waals surface area contributed by atoms with Crippen molar-refractivity contribution in [1.82, 2.24) is 4.90 Å². The standard InChI is InChI=1S/C15H27N3O5/c1-4-5-6-7-13(9-14(19)8-12(2)3)16-10-15(11-16,17(20)21)18(22)23/h12-13H,4-11H2,1-3H3. The van der Waals surface area contributed by atoms with Gasteiger partial charge in [0.25, 0.3) is 0 Å². The molecule has 0 aliphatic carbocycles. The van der Waals surface area contributed by atoms with E-state index in [4.69, 9.17) is 0 Å². The van der Waals surface area contributed by atoms with Gasteiger partial charge in [0.05, 0.1) is 0 Å². The first-order chi connectivity index (χ1) is 10.7. The van der Waals surface area contributed by atoms with E-state index in [-0.39, 0.29) is 30.8 Å². The van der Waals surface area contributed by atoms with Crippen LogP contribution in [-0.4, -0.2) is 45.3 Å². The van der Waals surface area contributed by atoms with Crippen LogP contribution in [0.2, 0.25) is 0 Å². The molecule has 0 aromatic carbocycles. The van der Waals surface area contributed by atoms with Gasteiger partial charge in [0.2, 0.25) is 0 Å². The summed E-state index contributed by atoms with van der Waals surface area (Å²) in [4.78, 5) is 34.2. The normalized spacial score (nSPS) is 18.4. The largest absolute Gasteiger partial charge is 0.482 e. The van der Waals surface area contributed by atoms with Crippen LogP contribution in [0.5, 0.6) is 0 Å². The van der Waals surface area contributed by atoms with Crippen LogP contribution in [0.25, 0.3) is 0 Å². The first-order valence-electron chi connectivity index (χ1n) is 8.27. The lowest BCUT2D eigenvalue weighted by Crippen LogP contribution is -2.72. The summed E-state index contributed by atoms with van der Waals surface area (Å²) < 4.78 is 0. The van der Waals surface area contributed by atoms with Gasteiger partial charge >= 0.3 is 5.66 Å². The van der Waals surface area contributed by atoms with Crippen molar-refractivity contribution in [1.29, 1.82) is 0 Å². The Morgan fingerprint density at radius 1 is 1.13 bits per heavy atom. The van der Waals surface area contributed by atoms with Crippen molar-refractivity contribution in [2.24, 2.45) is 5.92 Å². The van der Waals surface area contributed by atoms with Crippen molar-refractivity contribution in [3.63, 3.8) is 0 Å². The zero-order valence-corrected chi connectivity index (χ0v) is 14.2. The number of nitro groups is 2. The monoisotopic (exact) mass is 329 g/mol. The van der Waals surface area contributed by atoms with Gasteiger partial charge in [-0.3, -0.25) is 29.9 Å². The van der Waals surface area contributed by atoms with Crippen molar-refractivity contribution in [3.05, 3.63) is 20.2 Å². The summed E-state index contributed by atoms with van der Waals surface area (Å²) in [6.45, 7) is 5.60. The molecule has 0 spiro atoms. The quantitative estimate of drug-likeness (QED) is 0.249. The minimum atomic E-state index is -2.09. The van der Waals surface area contributed by atoms with E-state index in [1.807, 2.05) is 13.8 Å². The molecule has 8 nitrogen and oxygen atoms in total. The summed E-state index contributed by atoms with van der Waals surface area (Å²) in [6.07, 6.45) is 4.56. The first kappa shape index (κ1) is 19.5. The number of likely N-dealkylation sites (tertiary alicyclic amines) is 1. The number of Topliss-reactive ketones (excluding diaryl/α,β-unsaturated/α-hetero) is 1. The third-order valence-corrected chi connectivity index (χ3v) is 4.35. The van der Waals surface area contributed by atoms with Crippen LogP contribution >= 0.6 is 0 Å². The lowest BCUT2D eigenvalue weighted by atomic mass is 9.91. The molecule has 0 N–H and O–H groups in total. The number of hydrogen-bond donors (Lipinski definition) is 0. The average molecular weight is 329 g/mol. The summed E-state index contributed by atoms with van der Waals surface area (Å²) in [5.41, 5.74) is -2.09. The second-order valence-electron chi connectivity index (χ2n) is 6.89. The molecule has 0 radical (unpaired) electrons. The van der Waals surface area contributed by atoms with E-state index >= 15 is 0 Å². The Morgan fingerprint density at radius 2 is 1.70 bits per heavy atom. The fourth-order valence-electron chi connectivity index (χ4n) is 3.01. The molecule has 1 aliphatic heterocycles. The van der Waals surface area contributed by atoms with E-state index in [9.17, 15) is 25.0 Å². The number of ketones is 1. The molecule has 0 aromatic heterocycles. The van der Waals surface area contributed by atoms with Crippen LogP contribution in [0.15, 0.2) is 0 Å². The topological polar surface area (TPSA) is 107 Å². The average Bonchev–Trinajstić information content (AvgIpc) is 2.35. The Kier molecular flexibility index (Phi) is 7.05. The summed E-state index contributed by atoms with van der Waals surface area (Å²) in [5.74, 6) is 0.396. The van der Waals surface area contributed by atoms with Crippen molar-refractivity contribution in [2.75, 3.05) is 13.1 Å². The van der Waals surface area contributed by atoms with Crippen LogP contribution in [0, 0.1) is 26.1 Å². The zero-order chi connectivity index (χ0) is 17.6. The Morgan fingerprint density at radius 3 is 2.13 bits per heavy atom. The molecule has 0 amide bonds. The summed E-state index contributed by atoms with van der Waals surface area (Å²) >= 11 is 0. The lowest BCUT2D eigenvalue weighted by molar-refractivity contribution is -0.811. The highest BCUT2D eigenvalue weighted by molar-refractivity contribution is 5.79. The molecule has 132 valence electrons. The Balaban J connectivity index is 2.68. The van der Waals surface area contributed by atoms with Crippen molar-refractivity contribution < 1.29 is 14.6 Å². The van der Waals surface area contributed by atoms with Gasteiger partial charge in [0.15, 0.2) is 0 Å². The molecule has 0 saturated carbocycles. The van der Waals surface area contributed by atoms with E-state index in [1.54, 1.807) is 4.90 Å². The van der Waals surface area contributed by atoms with Gasteiger partial charge in [-0.05, 0) is 12.3 Å². The van der Waals surface area contributed by atoms with Crippen LogP contribution < -0.4 is 0 Å². The highest BCUT2D eigenvalue weighted by Crippen LogP contribution is 2.30. The maximum atomic E-state index is 12.1. The van der Waals surface area contributed by atoms with Gasteiger partial charge in [-0.15, -0.1) is 0 Å². The SMILES string of the molecule is CCCCCC(CC(=O)CC(C)C)N1CC([N+](=O)[O-])([N+](=O)[O-])C1. The molecule has 23 heavy (non-hydrogen) atoms. The Hall–Kier alpha value is -1.57. The number of carbonyl (C=O) groups is 1. The van der Waals surface area contributed by atoms with E-state index in [0.29, 0.717) is 12.8 Å². The van der Waals surface area contributed by atoms with E-state index in [0.717, 1.165) is 25.7 Å². The predicted octanol–water partition coefficient (Wildman–Crippen LogP) is 2.51. The highest BCUT2D eigenvalue weighted by Gasteiger charge is 2.67. The van der Waals surface area contributed by atoms with Gasteiger partial charge in [-0.25, -0.2) is 0 Å². The molecular weight excluding hydrogens is 302 g/mol. The molecule has 0 bridgehead atoms. The van der Waals surface area contributed by atoms with Crippen molar-refractivity contribution in [3.8, 4) is 0 Å². The van der Waals surface area contributed by atoms with Crippen LogP contribution in [0.3, 0.4) is 0 Å². The van der Waals surface area contributed by atoms with Crippen LogP contribution in [-0.2, 0) is 4.79 Å². The van der Waals surface area contributed by atoms with Crippen LogP contribution in [0.4, 0.5) is 0 Å². The van der Waals surface area contributed by atoms with E-state index in [1.165, 1.54) is 0 Å². The molecule has 0 aromatic rings. The minimum Gasteiger partial charge on any atom is -0.300 e. The number of nitrogens with zero attached hydrogens (tertiary/aromatic N) is 3. The number of carbonyl (C=O) groups excluding carboxylic acids is 1. The van der Waals surface area contributed by atoms with Crippen molar-refractivity contribution in [2.45, 2.75) is 71.0 Å². The van der Waals surface area contributed by atoms with Gasteiger partial charge in [-0.2, -0.15) is 0 Å². The summed E-state index contributed by atoms with van der Waals surface area (Å²) in [7, 11) is 0. The molecule has 1 unspecified atom stereocenters. The Labute approximate surface area is 136 Å². The fourth-order valence-corrected chi connectivity index (χ4v) is 3.01. The molecule has 1 heterocycles. The van der Waals surface area contributed by atoms with Gasteiger partial charge in [0.1, 0.15) is 28.7 Å². The third kappa shape index (κ3) is 4.95. The van der Waals surface area contributed by atoms with Crippen LogP contribution in [0.1, 0.15) is 59.3 Å². The molecule has 8 heteroatoms. The number of unbranched alkanes of at least 4 members (excludes halogenated alkanes) is 2. The smallest absolute Gasteiger partial charge is 0.300 e. The molecule has 1 atom stereocenters. The number of rotatable bonds is 11. The van der Waals surface area contributed by atoms with Crippen molar-refractivity contribution >= 4 is 5.78 Å².